The Morgan fingerprint density at radius 2 is 0.691 bits per heavy atom. The van der Waals surface area contributed by atoms with Crippen molar-refractivity contribution in [1.82, 2.24) is 9.97 Å². The molecular weight excluding hydrogens is 685 g/mol. The molecule has 0 atom stereocenters. The Morgan fingerprint density at radius 1 is 0.291 bits per heavy atom. The van der Waals surface area contributed by atoms with Crippen LogP contribution >= 0.6 is 11.3 Å². The molecule has 0 aliphatic rings. The third kappa shape index (κ3) is 6.41. The Labute approximate surface area is 324 Å². The van der Waals surface area contributed by atoms with E-state index in [1.165, 1.54) is 54.6 Å². The summed E-state index contributed by atoms with van der Waals surface area (Å²) in [4.78, 5) is 11.4. The molecule has 10 rings (SSSR count). The summed E-state index contributed by atoms with van der Waals surface area (Å²) in [5, 5.41) is 2.32. The first kappa shape index (κ1) is 32.7. The lowest BCUT2D eigenvalue weighted by Crippen LogP contribution is -1.94. The van der Waals surface area contributed by atoms with Crippen LogP contribution < -0.4 is 0 Å². The summed E-state index contributed by atoms with van der Waals surface area (Å²) < 4.78 is 1.22. The quantitative estimate of drug-likeness (QED) is 0.164. The van der Waals surface area contributed by atoms with Gasteiger partial charge in [-0.15, -0.1) is 11.3 Å². The van der Waals surface area contributed by atoms with Gasteiger partial charge in [0.2, 0.25) is 0 Å². The fourth-order valence-corrected chi connectivity index (χ4v) is 8.59. The van der Waals surface area contributed by atoms with E-state index in [-0.39, 0.29) is 0 Å². The Morgan fingerprint density at radius 3 is 1.27 bits per heavy atom. The number of hydrogen-bond donors (Lipinski definition) is 0. The maximum Gasteiger partial charge on any atom is 0.161 e. The van der Waals surface area contributed by atoms with Crippen molar-refractivity contribution in [3.8, 4) is 78.3 Å². The molecule has 0 radical (unpaired) electrons. The van der Waals surface area contributed by atoms with E-state index in [4.69, 9.17) is 9.97 Å². The summed E-state index contributed by atoms with van der Waals surface area (Å²) in [5.74, 6) is 0.736. The van der Waals surface area contributed by atoms with Gasteiger partial charge in [0.15, 0.2) is 5.82 Å². The molecule has 0 bridgehead atoms. The van der Waals surface area contributed by atoms with Crippen LogP contribution in [0.1, 0.15) is 0 Å². The summed E-state index contributed by atoms with van der Waals surface area (Å²) in [5.41, 5.74) is 14.9. The number of hydrogen-bond acceptors (Lipinski definition) is 3. The maximum atomic E-state index is 5.23. The Balaban J connectivity index is 0.987. The molecule has 0 fully saturated rings. The van der Waals surface area contributed by atoms with Gasteiger partial charge in [-0.1, -0.05) is 170 Å². The number of nitrogens with zero attached hydrogens (tertiary/aromatic N) is 2. The smallest absolute Gasteiger partial charge is 0.161 e. The van der Waals surface area contributed by atoms with Gasteiger partial charge in [0.1, 0.15) is 4.83 Å². The van der Waals surface area contributed by atoms with Crippen LogP contribution in [-0.2, 0) is 0 Å². The van der Waals surface area contributed by atoms with Gasteiger partial charge in [0.05, 0.1) is 5.69 Å². The van der Waals surface area contributed by atoms with E-state index in [1.807, 2.05) is 6.07 Å². The third-order valence-electron chi connectivity index (χ3n) is 10.3. The molecule has 3 heteroatoms. The van der Waals surface area contributed by atoms with Gasteiger partial charge in [0, 0.05) is 26.6 Å². The highest BCUT2D eigenvalue weighted by atomic mass is 32.1. The monoisotopic (exact) mass is 718 g/mol. The molecule has 2 nitrogen and oxygen atoms in total. The topological polar surface area (TPSA) is 25.8 Å². The number of aromatic nitrogens is 2. The molecule has 0 aliphatic carbocycles. The second kappa shape index (κ2) is 14.1. The van der Waals surface area contributed by atoms with E-state index in [0.717, 1.165) is 44.0 Å². The van der Waals surface area contributed by atoms with Crippen LogP contribution in [0.3, 0.4) is 0 Å². The highest BCUT2D eigenvalue weighted by Crippen LogP contribution is 2.40. The largest absolute Gasteiger partial charge is 0.227 e. The Hall–Kier alpha value is -6.94. The molecule has 2 heterocycles. The zero-order valence-corrected chi connectivity index (χ0v) is 30.7. The molecule has 0 aliphatic heterocycles. The van der Waals surface area contributed by atoms with Crippen molar-refractivity contribution >= 4 is 31.6 Å². The van der Waals surface area contributed by atoms with Crippen LogP contribution in [0, 0.1) is 0 Å². The molecule has 10 aromatic rings. The van der Waals surface area contributed by atoms with Crippen LogP contribution in [0.5, 0.6) is 0 Å². The standard InChI is InChI=1S/C52H34N2S/c1-4-14-35(15-5-1)44-32-45(36-16-6-2-7-17-36)34-46(33-44)42-22-12-20-40(30-42)37-26-28-38(29-27-37)41-21-13-23-43(31-41)51-53-50(39-18-8-3-9-19-39)49-47-24-10-11-25-48(47)55-52(49)54-51/h1-34H. The van der Waals surface area contributed by atoms with Gasteiger partial charge in [-0.05, 0) is 92.0 Å². The first-order valence-electron chi connectivity index (χ1n) is 18.6. The van der Waals surface area contributed by atoms with Gasteiger partial charge in [-0.3, -0.25) is 0 Å². The zero-order valence-electron chi connectivity index (χ0n) is 29.9. The minimum absolute atomic E-state index is 0.736. The fraction of sp³-hybridized carbons (Fsp3) is 0. The van der Waals surface area contributed by atoms with Crippen LogP contribution in [0.2, 0.25) is 0 Å². The summed E-state index contributed by atoms with van der Waals surface area (Å²) in [6.07, 6.45) is 0. The van der Waals surface area contributed by atoms with Gasteiger partial charge in [-0.2, -0.15) is 0 Å². The average molecular weight is 719 g/mol. The molecule has 0 unspecified atom stereocenters. The molecule has 0 saturated heterocycles. The van der Waals surface area contributed by atoms with Crippen LogP contribution in [0.25, 0.3) is 98.6 Å². The third-order valence-corrected chi connectivity index (χ3v) is 11.4. The molecule has 0 amide bonds. The molecule has 8 aromatic carbocycles. The first-order chi connectivity index (χ1) is 27.2. The van der Waals surface area contributed by atoms with Crippen molar-refractivity contribution in [2.24, 2.45) is 0 Å². The van der Waals surface area contributed by atoms with Crippen molar-refractivity contribution in [1.29, 1.82) is 0 Å². The van der Waals surface area contributed by atoms with E-state index in [9.17, 15) is 0 Å². The van der Waals surface area contributed by atoms with Crippen molar-refractivity contribution in [2.75, 3.05) is 0 Å². The predicted octanol–water partition coefficient (Wildman–Crippen LogP) is 14.5. The molecule has 258 valence electrons. The molecule has 0 saturated carbocycles. The van der Waals surface area contributed by atoms with Gasteiger partial charge in [0.25, 0.3) is 0 Å². The van der Waals surface area contributed by atoms with Crippen molar-refractivity contribution in [3.63, 3.8) is 0 Å². The van der Waals surface area contributed by atoms with E-state index in [2.05, 4.69) is 200 Å². The van der Waals surface area contributed by atoms with Crippen LogP contribution in [-0.4, -0.2) is 9.97 Å². The lowest BCUT2D eigenvalue weighted by Gasteiger charge is -2.13. The molecular formula is C52H34N2S. The average Bonchev–Trinajstić information content (AvgIpc) is 3.66. The predicted molar refractivity (Wildman–Crippen MR) is 233 cm³/mol. The van der Waals surface area contributed by atoms with Gasteiger partial charge < -0.3 is 0 Å². The van der Waals surface area contributed by atoms with Gasteiger partial charge >= 0.3 is 0 Å². The zero-order chi connectivity index (χ0) is 36.6. The number of rotatable bonds is 7. The van der Waals surface area contributed by atoms with Gasteiger partial charge in [-0.25, -0.2) is 9.97 Å². The number of fused-ring (bicyclic) bond motifs is 3. The minimum atomic E-state index is 0.736. The Kier molecular flexibility index (Phi) is 8.40. The molecule has 0 spiro atoms. The second-order valence-corrected chi connectivity index (χ2v) is 14.8. The maximum absolute atomic E-state index is 5.23. The van der Waals surface area contributed by atoms with Crippen molar-refractivity contribution in [3.05, 3.63) is 206 Å². The summed E-state index contributed by atoms with van der Waals surface area (Å²) in [6.45, 7) is 0. The molecule has 0 N–H and O–H groups in total. The first-order valence-corrected chi connectivity index (χ1v) is 19.4. The Bertz CT molecular complexity index is 2890. The summed E-state index contributed by atoms with van der Waals surface area (Å²) >= 11 is 1.73. The van der Waals surface area contributed by atoms with E-state index < -0.39 is 0 Å². The minimum Gasteiger partial charge on any atom is -0.227 e. The summed E-state index contributed by atoms with van der Waals surface area (Å²) in [7, 11) is 0. The van der Waals surface area contributed by atoms with Crippen molar-refractivity contribution < 1.29 is 0 Å². The number of thiophene rings is 1. The summed E-state index contributed by atoms with van der Waals surface area (Å²) in [6, 6.07) is 73.5. The second-order valence-electron chi connectivity index (χ2n) is 13.8. The lowest BCUT2D eigenvalue weighted by molar-refractivity contribution is 1.24. The lowest BCUT2D eigenvalue weighted by atomic mass is 9.92. The van der Waals surface area contributed by atoms with E-state index >= 15 is 0 Å². The highest BCUT2D eigenvalue weighted by molar-refractivity contribution is 7.25. The fourth-order valence-electron chi connectivity index (χ4n) is 7.52. The van der Waals surface area contributed by atoms with Crippen LogP contribution in [0.4, 0.5) is 0 Å². The van der Waals surface area contributed by atoms with Crippen LogP contribution in [0.15, 0.2) is 206 Å². The normalized spacial score (nSPS) is 11.3. The highest BCUT2D eigenvalue weighted by Gasteiger charge is 2.17. The molecule has 55 heavy (non-hydrogen) atoms. The SMILES string of the molecule is c1ccc(-c2cc(-c3ccccc3)cc(-c3cccc(-c4ccc(-c5cccc(-c6nc(-c7ccccc7)c7c(n6)sc6ccccc67)c5)cc4)c3)c2)cc1. The van der Waals surface area contributed by atoms with E-state index in [0.29, 0.717) is 0 Å². The van der Waals surface area contributed by atoms with E-state index in [1.54, 1.807) is 11.3 Å². The number of benzene rings is 8. The van der Waals surface area contributed by atoms with Crippen molar-refractivity contribution in [2.45, 2.75) is 0 Å². The molecule has 2 aromatic heterocycles.